The number of allylic oxidation sites excluding steroid dienone is 1. The van der Waals surface area contributed by atoms with Crippen LogP contribution in [0.3, 0.4) is 0 Å². The highest BCUT2D eigenvalue weighted by Gasteiger charge is 2.25. The quantitative estimate of drug-likeness (QED) is 0.517. The van der Waals surface area contributed by atoms with Gasteiger partial charge in [-0.1, -0.05) is 24.3 Å². The first-order valence-corrected chi connectivity index (χ1v) is 6.67. The number of hydrogen-bond acceptors (Lipinski definition) is 6. The summed E-state index contributed by atoms with van der Waals surface area (Å²) in [5, 5.41) is 10.9. The lowest BCUT2D eigenvalue weighted by Crippen LogP contribution is -2.10. The summed E-state index contributed by atoms with van der Waals surface area (Å²) in [7, 11) is 1.20. The minimum absolute atomic E-state index is 0.0898. The van der Waals surface area contributed by atoms with Gasteiger partial charge in [0.25, 0.3) is 5.70 Å². The van der Waals surface area contributed by atoms with Crippen LogP contribution in [0.4, 0.5) is 0 Å². The first-order valence-electron chi connectivity index (χ1n) is 6.67. The molecule has 0 aliphatic heterocycles. The Morgan fingerprint density at radius 3 is 2.70 bits per heavy atom. The highest BCUT2D eigenvalue weighted by atomic mass is 16.6. The maximum absolute atomic E-state index is 12.4. The van der Waals surface area contributed by atoms with E-state index < -0.39 is 16.6 Å². The third-order valence-corrected chi connectivity index (χ3v) is 3.37. The number of benzene rings is 1. The zero-order valence-electron chi connectivity index (χ0n) is 12.3. The van der Waals surface area contributed by atoms with E-state index in [1.807, 2.05) is 0 Å². The Labute approximate surface area is 131 Å². The van der Waals surface area contributed by atoms with Crippen molar-refractivity contribution in [2.24, 2.45) is 5.73 Å². The number of nitrogens with zero attached hydrogens (tertiary/aromatic N) is 1. The number of carbonyl (C=O) groups excluding carboxylic acids is 2. The lowest BCUT2D eigenvalue weighted by Gasteiger charge is -2.07. The van der Waals surface area contributed by atoms with Crippen LogP contribution in [0.5, 0.6) is 0 Å². The first-order chi connectivity index (χ1) is 11.0. The number of Topliss-reactive ketones (excluding diaryl/α,β-unsaturated/α-hetero) is 1. The molecule has 0 saturated carbocycles. The molecule has 0 bridgehead atoms. The third-order valence-electron chi connectivity index (χ3n) is 3.37. The number of fused-ring (bicyclic) bond motifs is 1. The van der Waals surface area contributed by atoms with E-state index in [4.69, 9.17) is 10.5 Å². The van der Waals surface area contributed by atoms with Gasteiger partial charge >= 0.3 is 5.97 Å². The molecule has 1 aromatic carbocycles. The van der Waals surface area contributed by atoms with Crippen LogP contribution in [0.15, 0.2) is 53.4 Å². The highest BCUT2D eigenvalue weighted by molar-refractivity contribution is 6.09. The summed E-state index contributed by atoms with van der Waals surface area (Å²) in [5.74, 6) is -0.929. The fourth-order valence-corrected chi connectivity index (χ4v) is 2.26. The lowest BCUT2D eigenvalue weighted by atomic mass is 10.00. The van der Waals surface area contributed by atoms with Crippen LogP contribution in [-0.4, -0.2) is 23.8 Å². The van der Waals surface area contributed by atoms with Crippen molar-refractivity contribution in [3.63, 3.8) is 0 Å². The van der Waals surface area contributed by atoms with Gasteiger partial charge in [0.1, 0.15) is 0 Å². The molecule has 0 unspecified atom stereocenters. The molecule has 23 heavy (non-hydrogen) atoms. The summed E-state index contributed by atoms with van der Waals surface area (Å²) in [6.45, 7) is 0. The number of carbonyl (C=O) groups is 2. The number of esters is 1. The van der Waals surface area contributed by atoms with Crippen molar-refractivity contribution in [3.05, 3.63) is 74.6 Å². The van der Waals surface area contributed by atoms with Gasteiger partial charge in [-0.25, -0.2) is 4.79 Å². The zero-order valence-corrected chi connectivity index (χ0v) is 12.3. The van der Waals surface area contributed by atoms with Crippen LogP contribution < -0.4 is 5.73 Å². The molecule has 0 amide bonds. The van der Waals surface area contributed by atoms with E-state index in [1.54, 1.807) is 24.3 Å². The van der Waals surface area contributed by atoms with Crippen molar-refractivity contribution < 1.29 is 19.2 Å². The second-order valence-electron chi connectivity index (χ2n) is 4.76. The van der Waals surface area contributed by atoms with Gasteiger partial charge in [0.2, 0.25) is 0 Å². The number of rotatable bonds is 3. The minimum Gasteiger partial charge on any atom is -0.465 e. The van der Waals surface area contributed by atoms with Gasteiger partial charge in [-0.3, -0.25) is 14.9 Å². The molecule has 1 aliphatic carbocycles. The summed E-state index contributed by atoms with van der Waals surface area (Å²) in [6, 6.07) is 6.76. The molecule has 7 heteroatoms. The molecule has 0 heterocycles. The van der Waals surface area contributed by atoms with E-state index >= 15 is 0 Å². The monoisotopic (exact) mass is 314 g/mol. The molecule has 1 aliphatic rings. The lowest BCUT2D eigenvalue weighted by molar-refractivity contribution is -0.419. The molecule has 7 nitrogen and oxygen atoms in total. The molecule has 0 aromatic heterocycles. The number of nitro groups is 1. The van der Waals surface area contributed by atoms with Crippen LogP contribution in [0.2, 0.25) is 0 Å². The molecule has 0 atom stereocenters. The number of nitrogens with two attached hydrogens (primary N) is 1. The summed E-state index contributed by atoms with van der Waals surface area (Å²) in [5.41, 5.74) is 6.10. The molecular weight excluding hydrogens is 300 g/mol. The summed E-state index contributed by atoms with van der Waals surface area (Å²) >= 11 is 0. The minimum atomic E-state index is -0.690. The van der Waals surface area contributed by atoms with Crippen LogP contribution >= 0.6 is 0 Å². The summed E-state index contributed by atoms with van der Waals surface area (Å²) in [6.07, 6.45) is 3.26. The predicted molar refractivity (Wildman–Crippen MR) is 82.7 cm³/mol. The maximum atomic E-state index is 12.4. The fraction of sp³-hybridized carbons (Fsp3) is 0.125. The van der Waals surface area contributed by atoms with Crippen molar-refractivity contribution in [2.45, 2.75) is 6.42 Å². The molecule has 0 radical (unpaired) electrons. The van der Waals surface area contributed by atoms with Crippen molar-refractivity contribution >= 4 is 17.8 Å². The van der Waals surface area contributed by atoms with E-state index in [9.17, 15) is 19.7 Å². The molecule has 0 fully saturated rings. The van der Waals surface area contributed by atoms with Gasteiger partial charge in [-0.15, -0.1) is 0 Å². The first kappa shape index (κ1) is 16.2. The fourth-order valence-electron chi connectivity index (χ4n) is 2.26. The number of methoxy groups -OCH3 is 1. The largest absolute Gasteiger partial charge is 0.465 e. The smallest absolute Gasteiger partial charge is 0.338 e. The molecule has 1 aromatic rings. The molecule has 0 spiro atoms. The Morgan fingerprint density at radius 2 is 2.09 bits per heavy atom. The van der Waals surface area contributed by atoms with Crippen molar-refractivity contribution in [1.29, 1.82) is 0 Å². The average Bonchev–Trinajstić information content (AvgIpc) is 2.68. The van der Waals surface area contributed by atoms with Crippen molar-refractivity contribution in [2.75, 3.05) is 7.11 Å². The van der Waals surface area contributed by atoms with E-state index in [1.165, 1.54) is 13.2 Å². The Bertz CT molecular complexity index is 774. The van der Waals surface area contributed by atoms with Crippen LogP contribution in [-0.2, 0) is 9.53 Å². The number of ketones is 1. The molecule has 0 saturated heterocycles. The van der Waals surface area contributed by atoms with Gasteiger partial charge < -0.3 is 10.5 Å². The van der Waals surface area contributed by atoms with E-state index in [-0.39, 0.29) is 23.4 Å². The predicted octanol–water partition coefficient (Wildman–Crippen LogP) is 1.83. The van der Waals surface area contributed by atoms with E-state index in [0.29, 0.717) is 11.1 Å². The van der Waals surface area contributed by atoms with Gasteiger partial charge in [0.15, 0.2) is 5.78 Å². The molecular formula is C16H14N2O5. The normalized spacial score (nSPS) is 16.4. The Hall–Kier alpha value is -3.22. The van der Waals surface area contributed by atoms with Crippen LogP contribution in [0, 0.1) is 10.1 Å². The van der Waals surface area contributed by atoms with E-state index in [0.717, 1.165) is 12.3 Å². The standard InChI is InChI=1S/C16H14N2O5/c1-23-16(20)14-7-10-4-2-3-5-13(10)15(19)8-11(14)6-12(9-17)18(21)22/h2-7,9H,8,17H2,1H3/b11-6+,12-9+. The summed E-state index contributed by atoms with van der Waals surface area (Å²) in [4.78, 5) is 34.6. The van der Waals surface area contributed by atoms with Gasteiger partial charge in [0, 0.05) is 18.1 Å². The maximum Gasteiger partial charge on any atom is 0.338 e. The Morgan fingerprint density at radius 1 is 1.39 bits per heavy atom. The van der Waals surface area contributed by atoms with E-state index in [2.05, 4.69) is 0 Å². The molecule has 2 rings (SSSR count). The number of hydrogen-bond donors (Lipinski definition) is 1. The SMILES string of the molecule is COC(=O)C1=Cc2ccccc2C(=O)C/C1=C\C(=C/N)[N+](=O)[O-]. The number of ether oxygens (including phenoxy) is 1. The van der Waals surface area contributed by atoms with Gasteiger partial charge in [-0.05, 0) is 17.2 Å². The molecule has 2 N–H and O–H groups in total. The van der Waals surface area contributed by atoms with Crippen molar-refractivity contribution in [3.8, 4) is 0 Å². The zero-order chi connectivity index (χ0) is 17.0. The van der Waals surface area contributed by atoms with Crippen LogP contribution in [0.25, 0.3) is 6.08 Å². The third kappa shape index (κ3) is 3.34. The Kier molecular flexibility index (Phi) is 4.70. The second kappa shape index (κ2) is 6.69. The van der Waals surface area contributed by atoms with Gasteiger partial charge in [-0.2, -0.15) is 0 Å². The second-order valence-corrected chi connectivity index (χ2v) is 4.76. The molecule has 118 valence electrons. The van der Waals surface area contributed by atoms with Gasteiger partial charge in [0.05, 0.1) is 23.8 Å². The van der Waals surface area contributed by atoms with Crippen LogP contribution in [0.1, 0.15) is 22.3 Å². The average molecular weight is 314 g/mol. The topological polar surface area (TPSA) is 113 Å². The highest BCUT2D eigenvalue weighted by Crippen LogP contribution is 2.28. The summed E-state index contributed by atoms with van der Waals surface area (Å²) < 4.78 is 4.72. The van der Waals surface area contributed by atoms with Crippen molar-refractivity contribution in [1.82, 2.24) is 0 Å². The Balaban J connectivity index is 2.64.